The van der Waals surface area contributed by atoms with Crippen molar-refractivity contribution < 1.29 is 18.0 Å². The Morgan fingerprint density at radius 1 is 0.938 bits per heavy atom. The Balaban J connectivity index is 1.51. The summed E-state index contributed by atoms with van der Waals surface area (Å²) in [5.74, 6) is -0.198. The van der Waals surface area contributed by atoms with Gasteiger partial charge in [0.15, 0.2) is 0 Å². The first-order valence-electron chi connectivity index (χ1n) is 11.2. The highest BCUT2D eigenvalue weighted by molar-refractivity contribution is 7.88. The molecule has 0 N–H and O–H groups in total. The molecule has 2 aliphatic carbocycles. The van der Waals surface area contributed by atoms with Crippen molar-refractivity contribution in [2.75, 3.05) is 11.2 Å². The smallest absolute Gasteiger partial charge is 0.237 e. The molecule has 0 radical (unpaired) electrons. The van der Waals surface area contributed by atoms with Gasteiger partial charge in [0, 0.05) is 24.6 Å². The van der Waals surface area contributed by atoms with Crippen LogP contribution in [0.3, 0.4) is 0 Å². The monoisotopic (exact) mass is 454 g/mol. The molecule has 0 heterocycles. The van der Waals surface area contributed by atoms with Crippen molar-refractivity contribution in [3.05, 3.63) is 65.7 Å². The fraction of sp³-hybridized carbons (Fsp3) is 0.440. The van der Waals surface area contributed by atoms with Gasteiger partial charge < -0.3 is 4.90 Å². The summed E-state index contributed by atoms with van der Waals surface area (Å²) >= 11 is 0. The fourth-order valence-electron chi connectivity index (χ4n) is 4.80. The van der Waals surface area contributed by atoms with Gasteiger partial charge in [-0.3, -0.25) is 9.59 Å². The normalized spacial score (nSPS) is 18.6. The molecule has 2 atom stereocenters. The molecule has 1 fully saturated rings. The largest absolute Gasteiger partial charge is 0.309 e. The van der Waals surface area contributed by atoms with Crippen molar-refractivity contribution in [3.8, 4) is 0 Å². The molecule has 32 heavy (non-hydrogen) atoms. The Bertz CT molecular complexity index is 1100. The van der Waals surface area contributed by atoms with Crippen molar-refractivity contribution >= 4 is 27.5 Å². The number of rotatable bonds is 8. The molecule has 6 nitrogen and oxygen atoms in total. The summed E-state index contributed by atoms with van der Waals surface area (Å²) in [7, 11) is -3.77. The van der Waals surface area contributed by atoms with Crippen molar-refractivity contribution in [1.82, 2.24) is 4.31 Å². The number of carbonyl (C=O) groups excluding carboxylic acids is 2. The number of sulfonamides is 1. The number of carbonyl (C=O) groups is 2. The van der Waals surface area contributed by atoms with Gasteiger partial charge in [0.2, 0.25) is 21.8 Å². The summed E-state index contributed by atoms with van der Waals surface area (Å²) in [6.07, 6.45) is 4.41. The summed E-state index contributed by atoms with van der Waals surface area (Å²) in [4.78, 5) is 28.1. The zero-order valence-electron chi connectivity index (χ0n) is 18.6. The Morgan fingerprint density at radius 3 is 2.22 bits per heavy atom. The number of nitrogens with zero attached hydrogens (tertiary/aromatic N) is 2. The summed E-state index contributed by atoms with van der Waals surface area (Å²) in [6.45, 7) is 2.04. The van der Waals surface area contributed by atoms with Crippen molar-refractivity contribution in [2.24, 2.45) is 5.92 Å². The third-order valence-corrected chi connectivity index (χ3v) is 7.73. The summed E-state index contributed by atoms with van der Waals surface area (Å²) < 4.78 is 26.2. The first-order valence-corrected chi connectivity index (χ1v) is 13.1. The number of fused-ring (bicyclic) bond motifs is 1. The first kappa shape index (κ1) is 22.5. The van der Waals surface area contributed by atoms with Crippen LogP contribution in [-0.4, -0.2) is 36.8 Å². The van der Waals surface area contributed by atoms with E-state index in [0.717, 1.165) is 46.6 Å². The van der Waals surface area contributed by atoms with Gasteiger partial charge in [-0.05, 0) is 61.8 Å². The van der Waals surface area contributed by atoms with Crippen molar-refractivity contribution in [1.29, 1.82) is 0 Å². The standard InChI is InChI=1S/C25H30N2O4S/c1-18(19-12-13-19)26(21-9-4-3-5-10-21)24(28)16-17-25(29)27(32(2,30)31)23-15-14-20-8-6-7-11-22(20)23/h3-11,18-19,23H,12-17H2,1-2H3. The second-order valence-electron chi connectivity index (χ2n) is 8.88. The highest BCUT2D eigenvalue weighted by atomic mass is 32.2. The predicted molar refractivity (Wildman–Crippen MR) is 125 cm³/mol. The number of aryl methyl sites for hydroxylation is 1. The molecular weight excluding hydrogens is 424 g/mol. The van der Waals surface area contributed by atoms with Gasteiger partial charge in [-0.2, -0.15) is 0 Å². The van der Waals surface area contributed by atoms with E-state index in [1.807, 2.05) is 61.5 Å². The van der Waals surface area contributed by atoms with E-state index in [4.69, 9.17) is 0 Å². The SMILES string of the molecule is CC(C1CC1)N(C(=O)CCC(=O)N(C1CCc2ccccc21)S(C)(=O)=O)c1ccccc1. The lowest BCUT2D eigenvalue weighted by atomic mass is 10.1. The Kier molecular flexibility index (Phi) is 6.38. The van der Waals surface area contributed by atoms with E-state index >= 15 is 0 Å². The van der Waals surface area contributed by atoms with Gasteiger partial charge >= 0.3 is 0 Å². The van der Waals surface area contributed by atoms with E-state index < -0.39 is 22.0 Å². The van der Waals surface area contributed by atoms with Crippen molar-refractivity contribution in [3.63, 3.8) is 0 Å². The topological polar surface area (TPSA) is 74.8 Å². The summed E-state index contributed by atoms with van der Waals surface area (Å²) in [6, 6.07) is 16.7. The summed E-state index contributed by atoms with van der Waals surface area (Å²) in [5.41, 5.74) is 2.77. The molecule has 2 unspecified atom stereocenters. The zero-order valence-corrected chi connectivity index (χ0v) is 19.4. The molecule has 0 bridgehead atoms. The number of hydrogen-bond donors (Lipinski definition) is 0. The molecular formula is C25H30N2O4S. The number of benzene rings is 2. The van der Waals surface area contributed by atoms with Gasteiger partial charge in [-0.1, -0.05) is 42.5 Å². The van der Waals surface area contributed by atoms with E-state index in [2.05, 4.69) is 0 Å². The number of hydrogen-bond acceptors (Lipinski definition) is 4. The Hall–Kier alpha value is -2.67. The first-order chi connectivity index (χ1) is 15.3. The van der Waals surface area contributed by atoms with Crippen LogP contribution in [0, 0.1) is 5.92 Å². The van der Waals surface area contributed by atoms with Gasteiger partial charge in [0.05, 0.1) is 12.3 Å². The van der Waals surface area contributed by atoms with Crippen LogP contribution in [-0.2, 0) is 26.0 Å². The highest BCUT2D eigenvalue weighted by Crippen LogP contribution is 2.39. The maximum atomic E-state index is 13.2. The quantitative estimate of drug-likeness (QED) is 0.603. The van der Waals surface area contributed by atoms with E-state index in [-0.39, 0.29) is 24.8 Å². The third-order valence-electron chi connectivity index (χ3n) is 6.55. The van der Waals surface area contributed by atoms with Crippen LogP contribution in [0.15, 0.2) is 54.6 Å². The minimum absolute atomic E-state index is 0.0226. The fourth-order valence-corrected chi connectivity index (χ4v) is 5.94. The lowest BCUT2D eigenvalue weighted by Crippen LogP contribution is -2.42. The summed E-state index contributed by atoms with van der Waals surface area (Å²) in [5, 5.41) is 0. The van der Waals surface area contributed by atoms with Crippen LogP contribution in [0.25, 0.3) is 0 Å². The molecule has 2 aromatic rings. The number of amides is 2. The molecule has 7 heteroatoms. The second-order valence-corrected chi connectivity index (χ2v) is 10.7. The van der Waals surface area contributed by atoms with E-state index in [1.54, 1.807) is 4.90 Å². The zero-order chi connectivity index (χ0) is 22.9. The maximum absolute atomic E-state index is 13.2. The molecule has 0 aromatic heterocycles. The highest BCUT2D eigenvalue weighted by Gasteiger charge is 2.38. The van der Waals surface area contributed by atoms with E-state index in [9.17, 15) is 18.0 Å². The molecule has 0 saturated heterocycles. The average molecular weight is 455 g/mol. The molecule has 1 saturated carbocycles. The molecule has 2 aliphatic rings. The third kappa shape index (κ3) is 4.72. The Labute approximate surface area is 190 Å². The van der Waals surface area contributed by atoms with Gasteiger partial charge in [0.1, 0.15) is 0 Å². The minimum atomic E-state index is -3.77. The van der Waals surface area contributed by atoms with Crippen LogP contribution in [0.5, 0.6) is 0 Å². The lowest BCUT2D eigenvalue weighted by Gasteiger charge is -2.31. The second kappa shape index (κ2) is 9.06. The maximum Gasteiger partial charge on any atom is 0.237 e. The Morgan fingerprint density at radius 2 is 1.56 bits per heavy atom. The molecule has 170 valence electrons. The molecule has 4 rings (SSSR count). The predicted octanol–water partition coefficient (Wildman–Crippen LogP) is 4.07. The van der Waals surface area contributed by atoms with E-state index in [0.29, 0.717) is 12.3 Å². The lowest BCUT2D eigenvalue weighted by molar-refractivity contribution is -0.130. The van der Waals surface area contributed by atoms with Crippen LogP contribution in [0.1, 0.15) is 56.2 Å². The minimum Gasteiger partial charge on any atom is -0.309 e. The van der Waals surface area contributed by atoms with Crippen molar-refractivity contribution in [2.45, 2.75) is 57.5 Å². The van der Waals surface area contributed by atoms with Crippen LogP contribution < -0.4 is 4.90 Å². The number of para-hydroxylation sites is 1. The van der Waals surface area contributed by atoms with Crippen LogP contribution in [0.2, 0.25) is 0 Å². The molecule has 2 amide bonds. The van der Waals surface area contributed by atoms with Gasteiger partial charge in [0.25, 0.3) is 0 Å². The van der Waals surface area contributed by atoms with Crippen LogP contribution >= 0.6 is 0 Å². The average Bonchev–Trinajstić information content (AvgIpc) is 3.54. The van der Waals surface area contributed by atoms with Gasteiger partial charge in [-0.15, -0.1) is 0 Å². The van der Waals surface area contributed by atoms with E-state index in [1.165, 1.54) is 0 Å². The number of anilines is 1. The van der Waals surface area contributed by atoms with Gasteiger partial charge in [-0.25, -0.2) is 12.7 Å². The van der Waals surface area contributed by atoms with Crippen LogP contribution in [0.4, 0.5) is 5.69 Å². The molecule has 2 aromatic carbocycles. The molecule has 0 aliphatic heterocycles. The molecule has 0 spiro atoms.